The van der Waals surface area contributed by atoms with Crippen LogP contribution in [0.1, 0.15) is 5.56 Å². The Kier molecular flexibility index (Phi) is 5.82. The first-order valence-corrected chi connectivity index (χ1v) is 17.5. The van der Waals surface area contributed by atoms with E-state index < -0.39 is 0 Å². The Morgan fingerprint density at radius 1 is 0.440 bits per heavy atom. The van der Waals surface area contributed by atoms with Crippen molar-refractivity contribution >= 4 is 27.2 Å². The quantitative estimate of drug-likeness (QED) is 0.201. The minimum Gasteiger partial charge on any atom is -0.383 e. The lowest BCUT2D eigenvalue weighted by atomic mass is 9.88. The largest absolute Gasteiger partial charge is 0.383 e. The summed E-state index contributed by atoms with van der Waals surface area (Å²) in [5, 5.41) is 12.7. The molecular weight excluding hydrogens is 605 g/mol. The lowest BCUT2D eigenvalue weighted by molar-refractivity contribution is 0.714. The Balaban J connectivity index is 1.13. The lowest BCUT2D eigenvalue weighted by Gasteiger charge is -2.26. The first-order valence-electron chi connectivity index (χ1n) is 17.5. The summed E-state index contributed by atoms with van der Waals surface area (Å²) in [6.45, 7) is 0.848. The van der Waals surface area contributed by atoms with Gasteiger partial charge in [0, 0.05) is 17.9 Å². The van der Waals surface area contributed by atoms with E-state index in [0.717, 1.165) is 12.2 Å². The van der Waals surface area contributed by atoms with E-state index in [1.807, 2.05) is 0 Å². The van der Waals surface area contributed by atoms with E-state index in [-0.39, 0.29) is 6.04 Å². The fourth-order valence-corrected chi connectivity index (χ4v) is 8.79. The van der Waals surface area contributed by atoms with E-state index in [2.05, 4.69) is 174 Å². The highest BCUT2D eigenvalue weighted by atomic mass is 15.0. The second-order valence-electron chi connectivity index (χ2n) is 13.7. The molecule has 0 bridgehead atoms. The van der Waals surface area contributed by atoms with Crippen LogP contribution >= 0.6 is 0 Å². The van der Waals surface area contributed by atoms with Crippen molar-refractivity contribution in [3.8, 4) is 66.8 Å². The van der Waals surface area contributed by atoms with Crippen LogP contribution in [0.15, 0.2) is 170 Å². The summed E-state index contributed by atoms with van der Waals surface area (Å²) in [5.41, 5.74) is 19.0. The maximum atomic E-state index is 3.86. The van der Waals surface area contributed by atoms with Crippen molar-refractivity contribution in [1.82, 2.24) is 10.6 Å². The van der Waals surface area contributed by atoms with Crippen molar-refractivity contribution in [2.75, 3.05) is 6.54 Å². The molecule has 2 N–H and O–H groups in total. The summed E-state index contributed by atoms with van der Waals surface area (Å²) in [4.78, 5) is 0. The van der Waals surface area contributed by atoms with Crippen molar-refractivity contribution in [3.05, 3.63) is 175 Å². The van der Waals surface area contributed by atoms with E-state index in [0.29, 0.717) is 0 Å². The molecule has 2 aliphatic heterocycles. The molecule has 2 nitrogen and oxygen atoms in total. The van der Waals surface area contributed by atoms with Gasteiger partial charge in [-0.15, -0.1) is 0 Å². The van der Waals surface area contributed by atoms with Crippen molar-refractivity contribution in [1.29, 1.82) is 0 Å². The van der Waals surface area contributed by atoms with Crippen LogP contribution in [-0.2, 0) is 0 Å². The number of rotatable bonds is 4. The monoisotopic (exact) mass is 636 g/mol. The van der Waals surface area contributed by atoms with Crippen LogP contribution in [0.4, 0.5) is 0 Å². The predicted octanol–water partition coefficient (Wildman–Crippen LogP) is 11.5. The van der Waals surface area contributed by atoms with Gasteiger partial charge >= 0.3 is 0 Å². The topological polar surface area (TPSA) is 24.1 Å². The summed E-state index contributed by atoms with van der Waals surface area (Å²) in [6.07, 6.45) is 13.1. The second kappa shape index (κ2) is 10.6. The predicted molar refractivity (Wildman–Crippen MR) is 210 cm³/mol. The molecule has 4 aliphatic rings. The lowest BCUT2D eigenvalue weighted by Crippen LogP contribution is -2.36. The molecule has 50 heavy (non-hydrogen) atoms. The van der Waals surface area contributed by atoms with Gasteiger partial charge in [-0.2, -0.15) is 0 Å². The zero-order valence-corrected chi connectivity index (χ0v) is 27.4. The van der Waals surface area contributed by atoms with Gasteiger partial charge < -0.3 is 10.6 Å². The van der Waals surface area contributed by atoms with Gasteiger partial charge in [0.2, 0.25) is 0 Å². The van der Waals surface area contributed by atoms with E-state index in [1.165, 1.54) is 99.6 Å². The molecule has 7 aromatic rings. The third-order valence-electron chi connectivity index (χ3n) is 11.0. The molecule has 0 saturated heterocycles. The average Bonchev–Trinajstić information content (AvgIpc) is 3.70. The van der Waals surface area contributed by atoms with Gasteiger partial charge in [0.25, 0.3) is 0 Å². The first-order chi connectivity index (χ1) is 24.8. The highest BCUT2D eigenvalue weighted by Gasteiger charge is 2.25. The summed E-state index contributed by atoms with van der Waals surface area (Å²) in [5.74, 6) is 0. The van der Waals surface area contributed by atoms with Crippen molar-refractivity contribution < 1.29 is 0 Å². The first kappa shape index (κ1) is 27.6. The van der Waals surface area contributed by atoms with Gasteiger partial charge in [-0.3, -0.25) is 0 Å². The molecule has 2 aliphatic carbocycles. The Labute approximate surface area is 291 Å². The van der Waals surface area contributed by atoms with E-state index >= 15 is 0 Å². The normalized spacial score (nSPS) is 16.1. The van der Waals surface area contributed by atoms with Gasteiger partial charge in [-0.1, -0.05) is 133 Å². The Morgan fingerprint density at radius 3 is 1.48 bits per heavy atom. The highest BCUT2D eigenvalue weighted by Crippen LogP contribution is 2.51. The van der Waals surface area contributed by atoms with Crippen molar-refractivity contribution in [3.63, 3.8) is 0 Å². The number of fused-ring (bicyclic) bond motifs is 6. The van der Waals surface area contributed by atoms with Gasteiger partial charge in [0.05, 0.1) is 6.04 Å². The smallest absolute Gasteiger partial charge is 0.0847 e. The average molecular weight is 637 g/mol. The molecule has 0 spiro atoms. The Bertz CT molecular complexity index is 2530. The fraction of sp³-hybridized carbons (Fsp3) is 0.0417. The van der Waals surface area contributed by atoms with E-state index in [1.54, 1.807) is 0 Å². The SMILES string of the molecule is C1=CCNC(C2C=CC=C(c3cc(-c4ccc5c6c(cccc46)-c4ccccc4-5)cc(-c4ccc5c6c(cccc46)-c4ccccc4-5)c3)N2)=C1. The van der Waals surface area contributed by atoms with Crippen LogP contribution in [0.2, 0.25) is 0 Å². The van der Waals surface area contributed by atoms with Gasteiger partial charge in [0.1, 0.15) is 0 Å². The fourth-order valence-electron chi connectivity index (χ4n) is 8.79. The molecule has 234 valence electrons. The van der Waals surface area contributed by atoms with Crippen LogP contribution in [0.25, 0.3) is 94.0 Å². The summed E-state index contributed by atoms with van der Waals surface area (Å²) in [6, 6.07) is 47.8. The molecule has 0 radical (unpaired) electrons. The van der Waals surface area contributed by atoms with Crippen molar-refractivity contribution in [2.24, 2.45) is 0 Å². The minimum absolute atomic E-state index is 0.0811. The summed E-state index contributed by atoms with van der Waals surface area (Å²) < 4.78 is 0. The van der Waals surface area contributed by atoms with Gasteiger partial charge in [0.15, 0.2) is 0 Å². The molecule has 7 aromatic carbocycles. The third-order valence-corrected chi connectivity index (χ3v) is 11.0. The molecule has 11 rings (SSSR count). The standard InChI is InChI=1S/C48H32N2/c1-3-12-36-34(10-1)40-16-7-14-38-32(21-23-42(36)47(38)40)29-26-30(28-31(27-29)44-19-9-20-46(50-44)45-18-5-6-25-49-45)33-22-24-43-37-13-4-2-11-35(37)41-17-8-15-39(33)48(41)43/h1-24,26-28,46,49-50H,25H2. The molecule has 2 heterocycles. The number of hydrogen-bond donors (Lipinski definition) is 2. The molecule has 1 atom stereocenters. The van der Waals surface area contributed by atoms with Crippen LogP contribution in [0.3, 0.4) is 0 Å². The molecule has 0 aromatic heterocycles. The number of dihydropyridines is 2. The van der Waals surface area contributed by atoms with Crippen molar-refractivity contribution in [2.45, 2.75) is 6.04 Å². The zero-order valence-electron chi connectivity index (χ0n) is 27.4. The number of benzene rings is 7. The van der Waals surface area contributed by atoms with Crippen LogP contribution in [0.5, 0.6) is 0 Å². The molecule has 0 saturated carbocycles. The molecule has 1 unspecified atom stereocenters. The van der Waals surface area contributed by atoms with E-state index in [9.17, 15) is 0 Å². The van der Waals surface area contributed by atoms with Gasteiger partial charge in [-0.05, 0) is 124 Å². The van der Waals surface area contributed by atoms with Crippen LogP contribution in [0, 0.1) is 0 Å². The molecule has 0 fully saturated rings. The number of allylic oxidation sites excluding steroid dienone is 4. The number of hydrogen-bond acceptors (Lipinski definition) is 2. The number of nitrogens with one attached hydrogen (secondary N) is 2. The summed E-state index contributed by atoms with van der Waals surface area (Å²) >= 11 is 0. The van der Waals surface area contributed by atoms with Crippen LogP contribution in [-0.4, -0.2) is 12.6 Å². The molecular formula is C48H32N2. The minimum atomic E-state index is 0.0811. The molecule has 0 amide bonds. The summed E-state index contributed by atoms with van der Waals surface area (Å²) in [7, 11) is 0. The Hall–Kier alpha value is -6.38. The molecule has 2 heteroatoms. The maximum absolute atomic E-state index is 3.86. The Morgan fingerprint density at radius 2 is 0.940 bits per heavy atom. The third kappa shape index (κ3) is 3.96. The highest BCUT2D eigenvalue weighted by molar-refractivity contribution is 6.20. The second-order valence-corrected chi connectivity index (χ2v) is 13.7. The van der Waals surface area contributed by atoms with E-state index in [4.69, 9.17) is 0 Å². The van der Waals surface area contributed by atoms with Crippen LogP contribution < -0.4 is 10.6 Å². The van der Waals surface area contributed by atoms with Gasteiger partial charge in [-0.25, -0.2) is 0 Å². The maximum Gasteiger partial charge on any atom is 0.0847 e. The zero-order chi connectivity index (χ0) is 32.8.